The lowest BCUT2D eigenvalue weighted by atomic mass is 9.81. The summed E-state index contributed by atoms with van der Waals surface area (Å²) < 4.78 is 11.1. The van der Waals surface area contributed by atoms with Gasteiger partial charge in [0.2, 0.25) is 0 Å². The number of nitrogens with one attached hydrogen (secondary N) is 1. The fraction of sp³-hybridized carbons (Fsp3) is 0.600. The van der Waals surface area contributed by atoms with Gasteiger partial charge >= 0.3 is 0 Å². The van der Waals surface area contributed by atoms with Gasteiger partial charge in [-0.2, -0.15) is 0 Å². The van der Waals surface area contributed by atoms with Gasteiger partial charge in [-0.15, -0.1) is 0 Å². The maximum atomic E-state index is 9.84. The smallest absolute Gasteiger partial charge is 0.141 e. The molecule has 0 aliphatic carbocycles. The molecule has 1 atom stereocenters. The quantitative estimate of drug-likeness (QED) is 0.878. The van der Waals surface area contributed by atoms with Crippen molar-refractivity contribution in [1.29, 1.82) is 0 Å². The van der Waals surface area contributed by atoms with E-state index in [9.17, 15) is 5.11 Å². The van der Waals surface area contributed by atoms with Gasteiger partial charge < -0.3 is 19.9 Å². The van der Waals surface area contributed by atoms with Gasteiger partial charge in [-0.25, -0.2) is 0 Å². The van der Waals surface area contributed by atoms with E-state index in [1.165, 1.54) is 0 Å². The number of anilines is 1. The molecular weight excluding hydrogens is 242 g/mol. The van der Waals surface area contributed by atoms with Crippen LogP contribution < -0.4 is 10.1 Å². The molecule has 1 heterocycles. The molecule has 1 aliphatic rings. The summed E-state index contributed by atoms with van der Waals surface area (Å²) in [7, 11) is 1.65. The van der Waals surface area contributed by atoms with Crippen LogP contribution >= 0.6 is 0 Å². The lowest BCUT2D eigenvalue weighted by Gasteiger charge is -2.45. The third kappa shape index (κ3) is 3.19. The summed E-state index contributed by atoms with van der Waals surface area (Å²) in [5.74, 6) is 0.791. The highest BCUT2D eigenvalue weighted by atomic mass is 16.5. The van der Waals surface area contributed by atoms with E-state index < -0.39 is 0 Å². The summed E-state index contributed by atoms with van der Waals surface area (Å²) in [6.45, 7) is 4.84. The second-order valence-corrected chi connectivity index (χ2v) is 5.80. The van der Waals surface area contributed by atoms with E-state index in [2.05, 4.69) is 19.2 Å². The number of para-hydroxylation sites is 2. The number of methoxy groups -OCH3 is 1. The fourth-order valence-electron chi connectivity index (χ4n) is 2.79. The normalized spacial score (nSPS) is 25.9. The van der Waals surface area contributed by atoms with Crippen molar-refractivity contribution in [2.45, 2.75) is 37.8 Å². The maximum absolute atomic E-state index is 9.84. The lowest BCUT2D eigenvalue weighted by Crippen LogP contribution is -2.53. The molecule has 1 aliphatic heterocycles. The van der Waals surface area contributed by atoms with Crippen molar-refractivity contribution >= 4 is 5.69 Å². The van der Waals surface area contributed by atoms with Crippen LogP contribution in [0.4, 0.5) is 5.69 Å². The Morgan fingerprint density at radius 2 is 2.11 bits per heavy atom. The van der Waals surface area contributed by atoms with Crippen LogP contribution in [0, 0.1) is 0 Å². The van der Waals surface area contributed by atoms with Crippen molar-refractivity contribution in [1.82, 2.24) is 0 Å². The molecule has 1 unspecified atom stereocenters. The van der Waals surface area contributed by atoms with Crippen LogP contribution in [0.1, 0.15) is 26.7 Å². The molecule has 0 spiro atoms. The van der Waals surface area contributed by atoms with Crippen LogP contribution in [-0.2, 0) is 4.74 Å². The Labute approximate surface area is 114 Å². The van der Waals surface area contributed by atoms with Crippen LogP contribution in [0.25, 0.3) is 0 Å². The number of hydrogen-bond donors (Lipinski definition) is 2. The molecule has 4 nitrogen and oxygen atoms in total. The van der Waals surface area contributed by atoms with Crippen LogP contribution in [-0.4, -0.2) is 36.6 Å². The van der Waals surface area contributed by atoms with Crippen LogP contribution in [0.5, 0.6) is 5.75 Å². The average molecular weight is 265 g/mol. The Hall–Kier alpha value is -1.26. The highest BCUT2D eigenvalue weighted by molar-refractivity contribution is 5.57. The largest absolute Gasteiger partial charge is 0.495 e. The highest BCUT2D eigenvalue weighted by Gasteiger charge is 2.40. The Morgan fingerprint density at radius 3 is 2.74 bits per heavy atom. The minimum absolute atomic E-state index is 0.0812. The van der Waals surface area contributed by atoms with Crippen molar-refractivity contribution in [3.8, 4) is 5.75 Å². The minimum atomic E-state index is -0.351. The van der Waals surface area contributed by atoms with E-state index in [0.717, 1.165) is 24.3 Å². The van der Waals surface area contributed by atoms with E-state index >= 15 is 0 Å². The SMILES string of the molecule is COc1ccccc1NC1(CO)CCOC(C)(C)C1. The van der Waals surface area contributed by atoms with Crippen LogP contribution in [0.3, 0.4) is 0 Å². The minimum Gasteiger partial charge on any atom is -0.495 e. The number of hydrogen-bond acceptors (Lipinski definition) is 4. The summed E-state index contributed by atoms with van der Waals surface area (Å²) in [5, 5.41) is 13.3. The molecular formula is C15H23NO3. The zero-order chi connectivity index (χ0) is 13.9. The van der Waals surface area contributed by atoms with E-state index in [0.29, 0.717) is 6.61 Å². The van der Waals surface area contributed by atoms with E-state index in [4.69, 9.17) is 9.47 Å². The predicted molar refractivity (Wildman–Crippen MR) is 75.7 cm³/mol. The van der Waals surface area contributed by atoms with Gasteiger partial charge in [0.25, 0.3) is 0 Å². The summed E-state index contributed by atoms with van der Waals surface area (Å²) in [6, 6.07) is 7.78. The van der Waals surface area contributed by atoms with Gasteiger partial charge in [0.1, 0.15) is 5.75 Å². The summed E-state index contributed by atoms with van der Waals surface area (Å²) >= 11 is 0. The molecule has 106 valence electrons. The van der Waals surface area contributed by atoms with E-state index in [1.807, 2.05) is 24.3 Å². The Morgan fingerprint density at radius 1 is 1.37 bits per heavy atom. The maximum Gasteiger partial charge on any atom is 0.141 e. The van der Waals surface area contributed by atoms with Crippen molar-refractivity contribution in [3.63, 3.8) is 0 Å². The second-order valence-electron chi connectivity index (χ2n) is 5.80. The first-order valence-corrected chi connectivity index (χ1v) is 6.66. The fourth-order valence-corrected chi connectivity index (χ4v) is 2.79. The Bertz CT molecular complexity index is 433. The molecule has 0 radical (unpaired) electrons. The number of ether oxygens (including phenoxy) is 2. The molecule has 4 heteroatoms. The molecule has 19 heavy (non-hydrogen) atoms. The summed E-state index contributed by atoms with van der Waals surface area (Å²) in [6.07, 6.45) is 1.54. The third-order valence-corrected chi connectivity index (χ3v) is 3.65. The van der Waals surface area contributed by atoms with Gasteiger partial charge in [-0.1, -0.05) is 12.1 Å². The van der Waals surface area contributed by atoms with Crippen LogP contribution in [0.2, 0.25) is 0 Å². The molecule has 1 aromatic rings. The lowest BCUT2D eigenvalue weighted by molar-refractivity contribution is -0.0838. The van der Waals surface area contributed by atoms with Crippen molar-refractivity contribution in [2.75, 3.05) is 25.6 Å². The predicted octanol–water partition coefficient (Wildman–Crippen LogP) is 2.43. The molecule has 1 saturated heterocycles. The first-order valence-electron chi connectivity index (χ1n) is 6.66. The molecule has 0 amide bonds. The number of aliphatic hydroxyl groups excluding tert-OH is 1. The molecule has 0 saturated carbocycles. The first-order chi connectivity index (χ1) is 9.00. The number of rotatable bonds is 4. The monoisotopic (exact) mass is 265 g/mol. The molecule has 1 aromatic carbocycles. The van der Waals surface area contributed by atoms with Crippen molar-refractivity contribution in [3.05, 3.63) is 24.3 Å². The number of benzene rings is 1. The van der Waals surface area contributed by atoms with Gasteiger partial charge in [0, 0.05) is 13.0 Å². The van der Waals surface area contributed by atoms with Gasteiger partial charge in [-0.3, -0.25) is 0 Å². The zero-order valence-electron chi connectivity index (χ0n) is 11.9. The topological polar surface area (TPSA) is 50.7 Å². The van der Waals surface area contributed by atoms with Gasteiger partial charge in [-0.05, 0) is 32.4 Å². The van der Waals surface area contributed by atoms with Gasteiger partial charge in [0.15, 0.2) is 0 Å². The Balaban J connectivity index is 2.23. The molecule has 2 N–H and O–H groups in total. The number of aliphatic hydroxyl groups is 1. The van der Waals surface area contributed by atoms with E-state index in [1.54, 1.807) is 7.11 Å². The molecule has 2 rings (SSSR count). The summed E-state index contributed by atoms with van der Waals surface area (Å²) in [5.41, 5.74) is 0.337. The average Bonchev–Trinajstić information content (AvgIpc) is 2.38. The highest BCUT2D eigenvalue weighted by Crippen LogP contribution is 2.36. The summed E-state index contributed by atoms with van der Waals surface area (Å²) in [4.78, 5) is 0. The first kappa shape index (κ1) is 14.2. The van der Waals surface area contributed by atoms with Gasteiger partial charge in [0.05, 0.1) is 30.5 Å². The molecule has 1 fully saturated rings. The second kappa shape index (κ2) is 5.39. The van der Waals surface area contributed by atoms with E-state index in [-0.39, 0.29) is 17.7 Å². The molecule has 0 bridgehead atoms. The third-order valence-electron chi connectivity index (χ3n) is 3.65. The zero-order valence-corrected chi connectivity index (χ0v) is 11.9. The Kier molecular flexibility index (Phi) is 4.02. The van der Waals surface area contributed by atoms with Crippen molar-refractivity contribution < 1.29 is 14.6 Å². The standard InChI is InChI=1S/C15H23NO3/c1-14(2)10-15(11-17,8-9-19-14)16-12-6-4-5-7-13(12)18-3/h4-7,16-17H,8-11H2,1-3H3. The van der Waals surface area contributed by atoms with Crippen LogP contribution in [0.15, 0.2) is 24.3 Å². The molecule has 0 aromatic heterocycles. The van der Waals surface area contributed by atoms with Crippen molar-refractivity contribution in [2.24, 2.45) is 0 Å².